The highest BCUT2D eigenvalue weighted by Crippen LogP contribution is 2.23. The monoisotopic (exact) mass is 471 g/mol. The third-order valence-corrected chi connectivity index (χ3v) is 7.50. The quantitative estimate of drug-likeness (QED) is 0.555. The summed E-state index contributed by atoms with van der Waals surface area (Å²) in [6, 6.07) is 12.8. The van der Waals surface area contributed by atoms with E-state index in [1.54, 1.807) is 12.1 Å². The van der Waals surface area contributed by atoms with Crippen LogP contribution in [-0.4, -0.2) is 51.7 Å². The van der Waals surface area contributed by atoms with Gasteiger partial charge >= 0.3 is 0 Å². The molecule has 1 fully saturated rings. The Labute approximate surface area is 199 Å². The summed E-state index contributed by atoms with van der Waals surface area (Å²) in [5.74, 6) is -0.0912. The van der Waals surface area contributed by atoms with Crippen molar-refractivity contribution in [2.75, 3.05) is 36.7 Å². The highest BCUT2D eigenvalue weighted by atomic mass is 32.2. The Morgan fingerprint density at radius 3 is 2.24 bits per heavy atom. The van der Waals surface area contributed by atoms with Crippen LogP contribution in [0.4, 0.5) is 5.69 Å². The second kappa shape index (κ2) is 11.7. The zero-order chi connectivity index (χ0) is 23.8. The fourth-order valence-corrected chi connectivity index (χ4v) is 5.05. The van der Waals surface area contributed by atoms with E-state index < -0.39 is 10.0 Å². The van der Waals surface area contributed by atoms with Gasteiger partial charge in [0.2, 0.25) is 10.0 Å². The minimum atomic E-state index is -3.45. The van der Waals surface area contributed by atoms with Crippen LogP contribution in [0.2, 0.25) is 0 Å². The largest absolute Gasteiger partial charge is 0.352 e. The summed E-state index contributed by atoms with van der Waals surface area (Å²) in [5, 5.41) is 3.00. The number of nitrogens with zero attached hydrogens (tertiary/aromatic N) is 2. The van der Waals surface area contributed by atoms with Gasteiger partial charge in [0.05, 0.1) is 18.5 Å². The number of hydrogen-bond donors (Lipinski definition) is 1. The molecule has 0 saturated carbocycles. The van der Waals surface area contributed by atoms with Gasteiger partial charge in [0.15, 0.2) is 0 Å². The van der Waals surface area contributed by atoms with Crippen molar-refractivity contribution in [3.8, 4) is 0 Å². The minimum absolute atomic E-state index is 0.0912. The number of amides is 1. The fraction of sp³-hybridized carbons (Fsp3) is 0.500. The summed E-state index contributed by atoms with van der Waals surface area (Å²) in [7, 11) is -3.45. The molecule has 0 aliphatic carbocycles. The van der Waals surface area contributed by atoms with E-state index in [0.29, 0.717) is 17.8 Å². The molecule has 2 aromatic carbocycles. The molecule has 0 aromatic heterocycles. The molecular weight excluding hydrogens is 434 g/mol. The van der Waals surface area contributed by atoms with E-state index in [0.717, 1.165) is 29.7 Å². The molecule has 7 heteroatoms. The molecule has 0 atom stereocenters. The lowest BCUT2D eigenvalue weighted by Crippen LogP contribution is -2.30. The number of carbonyl (C=O) groups excluding carboxylic acids is 1. The van der Waals surface area contributed by atoms with Crippen LogP contribution in [0.5, 0.6) is 0 Å². The molecule has 180 valence electrons. The number of sulfonamides is 1. The summed E-state index contributed by atoms with van der Waals surface area (Å²) in [6.45, 7) is 8.22. The van der Waals surface area contributed by atoms with Gasteiger partial charge in [0.1, 0.15) is 0 Å². The van der Waals surface area contributed by atoms with Gasteiger partial charge in [0, 0.05) is 12.1 Å². The number of carbonyl (C=O) groups is 1. The van der Waals surface area contributed by atoms with Gasteiger partial charge in [-0.1, -0.05) is 31.0 Å². The zero-order valence-electron chi connectivity index (χ0n) is 20.1. The van der Waals surface area contributed by atoms with Crippen molar-refractivity contribution in [2.45, 2.75) is 52.5 Å². The van der Waals surface area contributed by atoms with E-state index in [2.05, 4.69) is 10.2 Å². The van der Waals surface area contributed by atoms with Crippen LogP contribution in [0.1, 0.15) is 59.2 Å². The number of benzene rings is 2. The first kappa shape index (κ1) is 25.2. The minimum Gasteiger partial charge on any atom is -0.352 e. The predicted octanol–water partition coefficient (Wildman–Crippen LogP) is 4.27. The summed E-state index contributed by atoms with van der Waals surface area (Å²) in [4.78, 5) is 15.0. The highest BCUT2D eigenvalue weighted by molar-refractivity contribution is 7.92. The van der Waals surface area contributed by atoms with Gasteiger partial charge in [-0.15, -0.1) is 0 Å². The topological polar surface area (TPSA) is 69.7 Å². The fourth-order valence-electron chi connectivity index (χ4n) is 4.17. The summed E-state index contributed by atoms with van der Waals surface area (Å²) < 4.78 is 26.3. The van der Waals surface area contributed by atoms with Crippen molar-refractivity contribution >= 4 is 21.6 Å². The Morgan fingerprint density at radius 2 is 1.64 bits per heavy atom. The maximum Gasteiger partial charge on any atom is 0.251 e. The molecule has 0 radical (unpaired) electrons. The molecule has 1 N–H and O–H groups in total. The lowest BCUT2D eigenvalue weighted by molar-refractivity contribution is 0.0951. The maximum absolute atomic E-state index is 12.5. The van der Waals surface area contributed by atoms with Gasteiger partial charge in [-0.25, -0.2) is 8.42 Å². The van der Waals surface area contributed by atoms with Crippen molar-refractivity contribution in [3.05, 3.63) is 64.7 Å². The third-order valence-electron chi connectivity index (χ3n) is 6.36. The number of rotatable bonds is 9. The molecule has 6 nitrogen and oxygen atoms in total. The second-order valence-corrected chi connectivity index (χ2v) is 11.0. The lowest BCUT2D eigenvalue weighted by atomic mass is 10.1. The molecule has 1 aliphatic heterocycles. The molecular formula is C26H37N3O3S. The second-order valence-electron chi connectivity index (χ2n) is 9.10. The van der Waals surface area contributed by atoms with E-state index in [4.69, 9.17) is 0 Å². The van der Waals surface area contributed by atoms with E-state index >= 15 is 0 Å². The summed E-state index contributed by atoms with van der Waals surface area (Å²) in [6.07, 6.45) is 7.38. The molecule has 0 bridgehead atoms. The van der Waals surface area contributed by atoms with Crippen LogP contribution in [0.25, 0.3) is 0 Å². The first-order valence-electron chi connectivity index (χ1n) is 11.9. The average molecular weight is 472 g/mol. The smallest absolute Gasteiger partial charge is 0.251 e. The normalized spacial score (nSPS) is 15.1. The van der Waals surface area contributed by atoms with Crippen LogP contribution in [0.15, 0.2) is 42.5 Å². The Kier molecular flexibility index (Phi) is 8.92. The van der Waals surface area contributed by atoms with E-state index in [9.17, 15) is 13.2 Å². The van der Waals surface area contributed by atoms with E-state index in [1.165, 1.54) is 49.3 Å². The first-order chi connectivity index (χ1) is 15.7. The zero-order valence-corrected chi connectivity index (χ0v) is 21.0. The molecule has 3 rings (SSSR count). The molecule has 2 aromatic rings. The number of anilines is 1. The predicted molar refractivity (Wildman–Crippen MR) is 135 cm³/mol. The first-order valence-corrected chi connectivity index (χ1v) is 13.7. The lowest BCUT2D eigenvalue weighted by Gasteiger charge is -2.23. The van der Waals surface area contributed by atoms with Gasteiger partial charge in [-0.3, -0.25) is 9.10 Å². The molecule has 1 heterocycles. The van der Waals surface area contributed by atoms with Crippen molar-refractivity contribution in [3.63, 3.8) is 0 Å². The van der Waals surface area contributed by atoms with E-state index in [1.807, 2.05) is 44.2 Å². The number of nitrogens with one attached hydrogen (secondary N) is 1. The van der Waals surface area contributed by atoms with Crippen LogP contribution >= 0.6 is 0 Å². The standard InChI is InChI=1S/C26H37N3O3S/c1-21-9-14-25(19-22(21)2)29(33(3,31)32)20-23-10-12-24(13-11-23)26(30)27-15-8-18-28-16-6-4-5-7-17-28/h9-14,19H,4-8,15-18,20H2,1-3H3,(H,27,30). The van der Waals surface area contributed by atoms with Crippen LogP contribution in [0.3, 0.4) is 0 Å². The van der Waals surface area contributed by atoms with Crippen LogP contribution in [0, 0.1) is 13.8 Å². The maximum atomic E-state index is 12.5. The molecule has 1 amide bonds. The van der Waals surface area contributed by atoms with E-state index in [-0.39, 0.29) is 12.5 Å². The van der Waals surface area contributed by atoms with Crippen molar-refractivity contribution < 1.29 is 13.2 Å². The SMILES string of the molecule is Cc1ccc(N(Cc2ccc(C(=O)NCCCN3CCCCCC3)cc2)S(C)(=O)=O)cc1C. The number of aryl methyl sites for hydroxylation is 2. The molecule has 0 spiro atoms. The van der Waals surface area contributed by atoms with Crippen LogP contribution < -0.4 is 9.62 Å². The van der Waals surface area contributed by atoms with Gasteiger partial charge in [0.25, 0.3) is 5.91 Å². The highest BCUT2D eigenvalue weighted by Gasteiger charge is 2.19. The number of hydrogen-bond acceptors (Lipinski definition) is 4. The average Bonchev–Trinajstić information content (AvgIpc) is 3.05. The van der Waals surface area contributed by atoms with Crippen LogP contribution in [-0.2, 0) is 16.6 Å². The van der Waals surface area contributed by atoms with Gasteiger partial charge < -0.3 is 10.2 Å². The summed E-state index contributed by atoms with van der Waals surface area (Å²) in [5.41, 5.74) is 4.23. The van der Waals surface area contributed by atoms with Crippen molar-refractivity contribution in [1.29, 1.82) is 0 Å². The molecule has 1 aliphatic rings. The Hall–Kier alpha value is -2.38. The Balaban J connectivity index is 1.55. The van der Waals surface area contributed by atoms with Crippen molar-refractivity contribution in [2.24, 2.45) is 0 Å². The Morgan fingerprint density at radius 1 is 0.970 bits per heavy atom. The molecule has 33 heavy (non-hydrogen) atoms. The van der Waals surface area contributed by atoms with Gasteiger partial charge in [-0.2, -0.15) is 0 Å². The Bertz CT molecular complexity index is 1030. The third kappa shape index (κ3) is 7.57. The van der Waals surface area contributed by atoms with Crippen molar-refractivity contribution in [1.82, 2.24) is 10.2 Å². The molecule has 1 saturated heterocycles. The number of likely N-dealkylation sites (tertiary alicyclic amines) is 1. The molecule has 0 unspecified atom stereocenters. The van der Waals surface area contributed by atoms with Gasteiger partial charge in [-0.05, 0) is 93.7 Å². The summed E-state index contributed by atoms with van der Waals surface area (Å²) >= 11 is 0.